The summed E-state index contributed by atoms with van der Waals surface area (Å²) < 4.78 is 14.9. The minimum atomic E-state index is 0. The molecule has 7 heteroatoms. The molecule has 4 aromatic heterocycles. The van der Waals surface area contributed by atoms with E-state index in [2.05, 4.69) is 434 Å². The summed E-state index contributed by atoms with van der Waals surface area (Å²) >= 11 is 0. The molecule has 23 aromatic carbocycles. The first-order valence-electron chi connectivity index (χ1n) is 44.9. The van der Waals surface area contributed by atoms with Crippen molar-refractivity contribution < 1.29 is 37.8 Å². The second-order valence-corrected chi connectivity index (χ2v) is 33.7. The normalized spacial score (nSPS) is 11.4. The Kier molecular flexibility index (Phi) is 20.9. The van der Waals surface area contributed by atoms with Crippen LogP contribution < -0.4 is 29.0 Å². The number of aromatic nitrogens is 3. The Balaban J connectivity index is 0.000000111. The maximum absolute atomic E-state index is 11.1. The molecule has 6 nitrogen and oxygen atoms in total. The summed E-state index contributed by atoms with van der Waals surface area (Å²) in [5, 5.41) is 36.7. The molecule has 4 heterocycles. The molecular formula is C126H81LiN3O3+. The van der Waals surface area contributed by atoms with Crippen molar-refractivity contribution >= 4 is 152 Å². The quantitative estimate of drug-likeness (QED) is 0.107. The number of aromatic amines is 1. The SMILES string of the molecule is [Li+].[O-]c1cccc2ccc[nH+]c12.c1ccc(-c2c3ccccc3c(-c3ccc4c(c3)oc3ccccc34)c3ccccc23)cc1.c1ccc(-c2c3ccccc3c(-c3cccc4c3oc3ccccc34)c3ccccc23)cc1.c1ccc(-n2c(-c3ccc(-c4ccc5c(-c6ccc7ccccc7c6)c6ccccc6c(-c6ccc7ccccc7c6)c5c4)cc3)nc3ccccc32)cc1. The van der Waals surface area contributed by atoms with Gasteiger partial charge in [0.25, 0.3) is 0 Å². The number of benzene rings is 23. The molecule has 0 amide bonds. The first kappa shape index (κ1) is 80.6. The minimum Gasteiger partial charge on any atom is -0.868 e. The van der Waals surface area contributed by atoms with E-state index in [1.165, 1.54) is 153 Å². The van der Waals surface area contributed by atoms with E-state index in [1.807, 2.05) is 42.5 Å². The molecular weight excluding hydrogens is 1610 g/mol. The average Bonchev–Trinajstić information content (AvgIpc) is 1.56. The van der Waals surface area contributed by atoms with Gasteiger partial charge in [-0.25, -0.2) is 9.97 Å². The van der Waals surface area contributed by atoms with Gasteiger partial charge >= 0.3 is 18.9 Å². The molecule has 0 atom stereocenters. The third-order valence-corrected chi connectivity index (χ3v) is 26.1. The molecule has 618 valence electrons. The van der Waals surface area contributed by atoms with E-state index < -0.39 is 0 Å². The largest absolute Gasteiger partial charge is 1.00 e. The Bertz CT molecular complexity index is 9050. The number of hydrogen-bond donors (Lipinski definition) is 0. The van der Waals surface area contributed by atoms with Gasteiger partial charge in [0.1, 0.15) is 28.2 Å². The fourth-order valence-corrected chi connectivity index (χ4v) is 20.2. The van der Waals surface area contributed by atoms with Crippen LogP contribution in [0.25, 0.3) is 247 Å². The van der Waals surface area contributed by atoms with E-state index in [-0.39, 0.29) is 24.6 Å². The number of para-hydroxylation sites is 7. The Hall–Kier alpha value is -17.0. The summed E-state index contributed by atoms with van der Waals surface area (Å²) in [6, 6.07) is 170. The van der Waals surface area contributed by atoms with Gasteiger partial charge in [0.15, 0.2) is 6.20 Å². The summed E-state index contributed by atoms with van der Waals surface area (Å²) in [6.07, 6.45) is 1.75. The maximum Gasteiger partial charge on any atom is 1.00 e. The van der Waals surface area contributed by atoms with Crippen molar-refractivity contribution in [3.63, 3.8) is 0 Å². The number of rotatable bonds is 9. The number of furan rings is 2. The van der Waals surface area contributed by atoms with Gasteiger partial charge in [-0.2, -0.15) is 0 Å². The molecule has 1 N–H and O–H groups in total. The molecule has 27 aromatic rings. The molecule has 0 unspecified atom stereocenters. The van der Waals surface area contributed by atoms with E-state index in [0.717, 1.165) is 88.5 Å². The molecule has 0 aliphatic rings. The zero-order chi connectivity index (χ0) is 87.5. The molecule has 0 radical (unpaired) electrons. The summed E-state index contributed by atoms with van der Waals surface area (Å²) in [6.45, 7) is 0. The molecule has 0 aliphatic carbocycles. The van der Waals surface area contributed by atoms with Gasteiger partial charge in [-0.15, -0.1) is 0 Å². The fourth-order valence-electron chi connectivity index (χ4n) is 20.2. The maximum atomic E-state index is 11.1. The van der Waals surface area contributed by atoms with Crippen LogP contribution in [0.4, 0.5) is 0 Å². The van der Waals surface area contributed by atoms with Crippen LogP contribution in [0, 0.1) is 0 Å². The summed E-state index contributed by atoms with van der Waals surface area (Å²) in [7, 11) is 0. The summed E-state index contributed by atoms with van der Waals surface area (Å²) in [5.41, 5.74) is 25.8. The van der Waals surface area contributed by atoms with Crippen molar-refractivity contribution in [3.05, 3.63) is 485 Å². The molecule has 0 saturated carbocycles. The topological polar surface area (TPSA) is 81.3 Å². The molecule has 0 bridgehead atoms. The molecule has 0 saturated heterocycles. The molecule has 27 rings (SSSR count). The van der Waals surface area contributed by atoms with Crippen molar-refractivity contribution in [2.24, 2.45) is 0 Å². The van der Waals surface area contributed by atoms with Crippen LogP contribution in [0.2, 0.25) is 0 Å². The average molecular weight is 1690 g/mol. The molecule has 133 heavy (non-hydrogen) atoms. The predicted octanol–water partition coefficient (Wildman–Crippen LogP) is 30.5. The Morgan fingerprint density at radius 2 is 0.594 bits per heavy atom. The van der Waals surface area contributed by atoms with Gasteiger partial charge in [0, 0.05) is 55.4 Å². The summed E-state index contributed by atoms with van der Waals surface area (Å²) in [5.74, 6) is 0.977. The van der Waals surface area contributed by atoms with Gasteiger partial charge < -0.3 is 13.9 Å². The predicted molar refractivity (Wildman–Crippen MR) is 552 cm³/mol. The zero-order valence-electron chi connectivity index (χ0n) is 72.8. The third-order valence-electron chi connectivity index (χ3n) is 26.1. The second-order valence-electron chi connectivity index (χ2n) is 33.7. The first-order chi connectivity index (χ1) is 65.4. The Labute approximate surface area is 779 Å². The van der Waals surface area contributed by atoms with E-state index >= 15 is 0 Å². The number of pyridine rings is 1. The minimum absolute atomic E-state index is 0. The van der Waals surface area contributed by atoms with Crippen LogP contribution in [-0.2, 0) is 0 Å². The smallest absolute Gasteiger partial charge is 0.868 e. The fraction of sp³-hybridized carbons (Fsp3) is 0. The van der Waals surface area contributed by atoms with Gasteiger partial charge in [-0.3, -0.25) is 4.57 Å². The first-order valence-corrected chi connectivity index (χ1v) is 44.9. The van der Waals surface area contributed by atoms with Gasteiger partial charge in [-0.1, -0.05) is 394 Å². The van der Waals surface area contributed by atoms with Crippen LogP contribution in [0.15, 0.2) is 494 Å². The van der Waals surface area contributed by atoms with Gasteiger partial charge in [-0.05, 0) is 238 Å². The molecule has 0 aliphatic heterocycles. The van der Waals surface area contributed by atoms with Crippen LogP contribution in [-0.4, -0.2) is 9.55 Å². The van der Waals surface area contributed by atoms with Crippen molar-refractivity contribution in [2.75, 3.05) is 0 Å². The number of nitrogens with one attached hydrogen (secondary N) is 1. The van der Waals surface area contributed by atoms with Gasteiger partial charge in [0.2, 0.25) is 5.52 Å². The van der Waals surface area contributed by atoms with Crippen LogP contribution in [0.3, 0.4) is 0 Å². The zero-order valence-corrected chi connectivity index (χ0v) is 72.8. The van der Waals surface area contributed by atoms with Crippen molar-refractivity contribution in [1.29, 1.82) is 0 Å². The van der Waals surface area contributed by atoms with Crippen molar-refractivity contribution in [1.82, 2.24) is 9.55 Å². The van der Waals surface area contributed by atoms with Crippen LogP contribution >= 0.6 is 0 Å². The number of fused-ring (bicyclic) bond motifs is 16. The van der Waals surface area contributed by atoms with E-state index in [0.29, 0.717) is 5.52 Å². The number of nitrogens with zero attached hydrogens (tertiary/aromatic N) is 2. The standard InChI is InChI=1S/C53H34N2.2C32H20O.C9H7NO.Li/c1-2-16-44(17-3-1)55-50-21-11-10-20-49(50)54-53(55)38-26-22-37(23-27-38)41-30-31-47-48(34-41)52(43-29-25-36-13-5-7-15-40(36)33-43)46-19-9-8-18-45(46)51(47)42-28-24-35-12-4-6-14-39(35)32-42;1-2-11-21(12-3-1)30-23-14-4-6-16-25(23)31(26-17-7-5-15-24(26)30)28-19-10-18-27-22-13-8-9-20-29(22)33-32(27)28;1-2-10-21(11-3-1)31-25-13-4-6-15-27(25)32(28-16-7-5-14-26(28)31)22-18-19-24-23-12-8-9-17-29(23)33-30(24)20-22;11-8-5-1-3-7-4-2-6-10-9(7)8;/h1-34H;2*1-20H;1-6,11H;/q;;;;+1. The Morgan fingerprint density at radius 3 is 1.14 bits per heavy atom. The number of imidazole rings is 1. The second kappa shape index (κ2) is 34.6. The third kappa shape index (κ3) is 14.5. The van der Waals surface area contributed by atoms with Gasteiger partial charge in [0.05, 0.1) is 11.0 Å². The van der Waals surface area contributed by atoms with Crippen LogP contribution in [0.5, 0.6) is 5.75 Å². The number of hydrogen-bond acceptors (Lipinski definition) is 4. The summed E-state index contributed by atoms with van der Waals surface area (Å²) in [4.78, 5) is 8.03. The van der Waals surface area contributed by atoms with E-state index in [9.17, 15) is 5.11 Å². The molecule has 0 spiro atoms. The Morgan fingerprint density at radius 1 is 0.226 bits per heavy atom. The van der Waals surface area contributed by atoms with Crippen molar-refractivity contribution in [3.8, 4) is 101 Å². The monoisotopic (exact) mass is 1690 g/mol. The molecule has 0 fully saturated rings. The van der Waals surface area contributed by atoms with Crippen LogP contribution in [0.1, 0.15) is 0 Å². The van der Waals surface area contributed by atoms with E-state index in [1.54, 1.807) is 18.3 Å². The number of H-pyrrole nitrogens is 1. The van der Waals surface area contributed by atoms with Crippen molar-refractivity contribution in [2.45, 2.75) is 0 Å². The van der Waals surface area contributed by atoms with E-state index in [4.69, 9.17) is 13.8 Å².